The average molecular weight is 392 g/mol. The Labute approximate surface area is 145 Å². The summed E-state index contributed by atoms with van der Waals surface area (Å²) < 4.78 is 13.6. The molecule has 2 aromatic carbocycles. The number of nitrogens with zero attached hydrogens (tertiary/aromatic N) is 1. The normalized spacial score (nSPS) is 16.4. The van der Waals surface area contributed by atoms with Gasteiger partial charge in [-0.15, -0.1) is 0 Å². The van der Waals surface area contributed by atoms with E-state index >= 15 is 0 Å². The van der Waals surface area contributed by atoms with Gasteiger partial charge in [-0.05, 0) is 57.0 Å². The van der Waals surface area contributed by atoms with Gasteiger partial charge in [-0.3, -0.25) is 14.5 Å². The number of carbonyl (C=O) groups is 2. The zero-order valence-corrected chi connectivity index (χ0v) is 14.2. The van der Waals surface area contributed by atoms with Crippen LogP contribution in [0, 0.1) is 5.82 Å². The molecule has 1 fully saturated rings. The second kappa shape index (κ2) is 6.68. The second-order valence-corrected chi connectivity index (χ2v) is 6.77. The lowest BCUT2D eigenvalue weighted by atomic mass is 10.2. The Morgan fingerprint density at radius 2 is 1.87 bits per heavy atom. The van der Waals surface area contributed by atoms with Crippen molar-refractivity contribution in [1.29, 1.82) is 0 Å². The summed E-state index contributed by atoms with van der Waals surface area (Å²) >= 11 is 4.00. The molecule has 0 radical (unpaired) electrons. The number of amides is 2. The van der Waals surface area contributed by atoms with Crippen LogP contribution < -0.4 is 0 Å². The number of hydrogen-bond donors (Lipinski definition) is 0. The molecule has 3 nitrogen and oxygen atoms in total. The first-order valence-corrected chi connectivity index (χ1v) is 8.40. The van der Waals surface area contributed by atoms with Gasteiger partial charge in [0.15, 0.2) is 0 Å². The first-order valence-electron chi connectivity index (χ1n) is 6.79. The third kappa shape index (κ3) is 3.54. The van der Waals surface area contributed by atoms with Gasteiger partial charge in [0.1, 0.15) is 5.82 Å². The zero-order chi connectivity index (χ0) is 16.4. The predicted molar refractivity (Wildman–Crippen MR) is 92.1 cm³/mol. The molecule has 0 aliphatic carbocycles. The highest BCUT2D eigenvalue weighted by molar-refractivity contribution is 9.10. The molecule has 0 atom stereocenters. The van der Waals surface area contributed by atoms with Gasteiger partial charge in [0, 0.05) is 0 Å². The minimum atomic E-state index is -0.376. The molecular formula is C17H11BrFNO2S. The minimum Gasteiger partial charge on any atom is -0.268 e. The van der Waals surface area contributed by atoms with Gasteiger partial charge >= 0.3 is 0 Å². The molecule has 0 bridgehead atoms. The average Bonchev–Trinajstić information content (AvgIpc) is 2.80. The molecule has 0 N–H and O–H groups in total. The Morgan fingerprint density at radius 3 is 2.57 bits per heavy atom. The number of thioether (sulfide) groups is 1. The number of imide groups is 1. The van der Waals surface area contributed by atoms with Crippen molar-refractivity contribution in [2.24, 2.45) is 0 Å². The summed E-state index contributed by atoms with van der Waals surface area (Å²) in [6, 6.07) is 13.8. The molecular weight excluding hydrogens is 381 g/mol. The Hall–Kier alpha value is -1.92. The van der Waals surface area contributed by atoms with Crippen LogP contribution in [0.5, 0.6) is 0 Å². The molecule has 0 aromatic heterocycles. The van der Waals surface area contributed by atoms with Crippen LogP contribution in [0.2, 0.25) is 0 Å². The van der Waals surface area contributed by atoms with Crippen molar-refractivity contribution in [2.75, 3.05) is 0 Å². The van der Waals surface area contributed by atoms with Crippen LogP contribution in [0.25, 0.3) is 6.08 Å². The Bertz CT molecular complexity index is 807. The largest absolute Gasteiger partial charge is 0.293 e. The van der Waals surface area contributed by atoms with Gasteiger partial charge in [-0.2, -0.15) is 0 Å². The van der Waals surface area contributed by atoms with E-state index in [0.717, 1.165) is 17.3 Å². The van der Waals surface area contributed by atoms with Gasteiger partial charge in [0.05, 0.1) is 15.9 Å². The van der Waals surface area contributed by atoms with Gasteiger partial charge in [-0.25, -0.2) is 4.39 Å². The SMILES string of the molecule is O=C1S/C(=C/c2ccc(F)c(Br)c2)C(=O)N1Cc1ccccc1. The number of rotatable bonds is 3. The first-order chi connectivity index (χ1) is 11.0. The summed E-state index contributed by atoms with van der Waals surface area (Å²) in [5, 5.41) is -0.300. The molecule has 23 heavy (non-hydrogen) atoms. The van der Waals surface area contributed by atoms with Crippen molar-refractivity contribution in [3.05, 3.63) is 74.9 Å². The van der Waals surface area contributed by atoms with Crippen LogP contribution in [0.1, 0.15) is 11.1 Å². The molecule has 0 spiro atoms. The van der Waals surface area contributed by atoms with Crippen LogP contribution in [0.3, 0.4) is 0 Å². The van der Waals surface area contributed by atoms with Crippen molar-refractivity contribution in [1.82, 2.24) is 4.90 Å². The molecule has 0 saturated carbocycles. The molecule has 1 saturated heterocycles. The highest BCUT2D eigenvalue weighted by Gasteiger charge is 2.34. The molecule has 3 rings (SSSR count). The predicted octanol–water partition coefficient (Wildman–Crippen LogP) is 4.82. The van der Waals surface area contributed by atoms with Crippen LogP contribution in [0.4, 0.5) is 9.18 Å². The first kappa shape index (κ1) is 16.0. The van der Waals surface area contributed by atoms with Gasteiger partial charge < -0.3 is 0 Å². The fraction of sp³-hybridized carbons (Fsp3) is 0.0588. The molecule has 1 heterocycles. The lowest BCUT2D eigenvalue weighted by Crippen LogP contribution is -2.27. The summed E-state index contributed by atoms with van der Waals surface area (Å²) in [6.45, 7) is 0.246. The molecule has 116 valence electrons. The van der Waals surface area contributed by atoms with Crippen molar-refractivity contribution in [3.8, 4) is 0 Å². The van der Waals surface area contributed by atoms with E-state index in [1.807, 2.05) is 30.3 Å². The van der Waals surface area contributed by atoms with Crippen molar-refractivity contribution in [3.63, 3.8) is 0 Å². The van der Waals surface area contributed by atoms with E-state index in [2.05, 4.69) is 15.9 Å². The van der Waals surface area contributed by atoms with Crippen LogP contribution in [0.15, 0.2) is 57.9 Å². The van der Waals surface area contributed by atoms with Crippen LogP contribution >= 0.6 is 27.7 Å². The maximum absolute atomic E-state index is 13.3. The highest BCUT2D eigenvalue weighted by Crippen LogP contribution is 2.33. The van der Waals surface area contributed by atoms with E-state index < -0.39 is 0 Å². The van der Waals surface area contributed by atoms with Crippen molar-refractivity contribution >= 4 is 44.9 Å². The summed E-state index contributed by atoms with van der Waals surface area (Å²) in [7, 11) is 0. The van der Waals surface area contributed by atoms with Crippen LogP contribution in [-0.2, 0) is 11.3 Å². The monoisotopic (exact) mass is 391 g/mol. The molecule has 2 amide bonds. The smallest absolute Gasteiger partial charge is 0.268 e. The van der Waals surface area contributed by atoms with E-state index in [0.29, 0.717) is 14.9 Å². The quantitative estimate of drug-likeness (QED) is 0.703. The summed E-state index contributed by atoms with van der Waals surface area (Å²) in [6.07, 6.45) is 1.60. The van der Waals surface area contributed by atoms with E-state index in [1.54, 1.807) is 18.2 Å². The van der Waals surface area contributed by atoms with E-state index in [1.165, 1.54) is 11.0 Å². The minimum absolute atomic E-state index is 0.246. The fourth-order valence-electron chi connectivity index (χ4n) is 2.16. The van der Waals surface area contributed by atoms with E-state index in [9.17, 15) is 14.0 Å². The van der Waals surface area contributed by atoms with Gasteiger partial charge in [0.2, 0.25) is 0 Å². The number of halogens is 2. The molecule has 0 unspecified atom stereocenters. The maximum atomic E-state index is 13.3. The Morgan fingerprint density at radius 1 is 1.13 bits per heavy atom. The Balaban J connectivity index is 1.83. The summed E-state index contributed by atoms with van der Waals surface area (Å²) in [5.41, 5.74) is 1.55. The number of hydrogen-bond acceptors (Lipinski definition) is 3. The fourth-order valence-corrected chi connectivity index (χ4v) is 3.39. The molecule has 1 aliphatic rings. The van der Waals surface area contributed by atoms with Crippen LogP contribution in [-0.4, -0.2) is 16.0 Å². The number of benzene rings is 2. The molecule has 2 aromatic rings. The third-order valence-corrected chi connectivity index (χ3v) is 4.81. The molecule has 6 heteroatoms. The Kier molecular flexibility index (Phi) is 4.63. The summed E-state index contributed by atoms with van der Waals surface area (Å²) in [4.78, 5) is 26.0. The van der Waals surface area contributed by atoms with Gasteiger partial charge in [0.25, 0.3) is 11.1 Å². The highest BCUT2D eigenvalue weighted by atomic mass is 79.9. The topological polar surface area (TPSA) is 37.4 Å². The van der Waals surface area contributed by atoms with Gasteiger partial charge in [-0.1, -0.05) is 36.4 Å². The third-order valence-electron chi connectivity index (χ3n) is 3.30. The van der Waals surface area contributed by atoms with E-state index in [4.69, 9.17) is 0 Å². The maximum Gasteiger partial charge on any atom is 0.293 e. The second-order valence-electron chi connectivity index (χ2n) is 4.93. The standard InChI is InChI=1S/C17H11BrFNO2S/c18-13-8-12(6-7-14(13)19)9-15-16(21)20(17(22)23-15)10-11-4-2-1-3-5-11/h1-9H,10H2/b15-9+. The summed E-state index contributed by atoms with van der Waals surface area (Å²) in [5.74, 6) is -0.705. The zero-order valence-electron chi connectivity index (χ0n) is 11.8. The number of carbonyl (C=O) groups excluding carboxylic acids is 2. The van der Waals surface area contributed by atoms with Crippen molar-refractivity contribution in [2.45, 2.75) is 6.54 Å². The van der Waals surface area contributed by atoms with E-state index in [-0.39, 0.29) is 23.5 Å². The molecule has 1 aliphatic heterocycles. The van der Waals surface area contributed by atoms with Crippen molar-refractivity contribution < 1.29 is 14.0 Å². The lowest BCUT2D eigenvalue weighted by molar-refractivity contribution is -0.123. The lowest BCUT2D eigenvalue weighted by Gasteiger charge is -2.12.